The molecule has 0 aromatic carbocycles. The molecule has 0 aromatic rings. The van der Waals surface area contributed by atoms with Gasteiger partial charge in [-0.15, -0.1) is 5.73 Å². The molecular weight excluding hydrogens is 220 g/mol. The molecular formula is C16H22N2. The minimum absolute atomic E-state index is 0.713. The van der Waals surface area contributed by atoms with Crippen LogP contribution in [0.25, 0.3) is 0 Å². The predicted molar refractivity (Wildman–Crippen MR) is 82.5 cm³/mol. The molecule has 0 bridgehead atoms. The van der Waals surface area contributed by atoms with Crippen molar-refractivity contribution < 1.29 is 0 Å². The van der Waals surface area contributed by atoms with Crippen molar-refractivity contribution in [3.63, 3.8) is 0 Å². The third-order valence-corrected chi connectivity index (χ3v) is 2.33. The van der Waals surface area contributed by atoms with Crippen LogP contribution in [-0.2, 0) is 0 Å². The fourth-order valence-electron chi connectivity index (χ4n) is 1.29. The Balaban J connectivity index is 4.02. The molecule has 18 heavy (non-hydrogen) atoms. The maximum absolute atomic E-state index is 4.16. The maximum atomic E-state index is 4.16. The molecule has 0 aliphatic carbocycles. The molecule has 2 heteroatoms. The van der Waals surface area contributed by atoms with Crippen LogP contribution in [0.15, 0.2) is 64.4 Å². The second-order valence-corrected chi connectivity index (χ2v) is 3.79. The zero-order valence-corrected chi connectivity index (χ0v) is 11.2. The molecule has 0 saturated carbocycles. The van der Waals surface area contributed by atoms with Gasteiger partial charge in [-0.2, -0.15) is 0 Å². The van der Waals surface area contributed by atoms with Crippen molar-refractivity contribution in [3.8, 4) is 0 Å². The lowest BCUT2D eigenvalue weighted by Gasteiger charge is -2.03. The molecule has 0 fully saturated rings. The van der Waals surface area contributed by atoms with E-state index in [9.17, 15) is 0 Å². The van der Waals surface area contributed by atoms with Gasteiger partial charge in [0.1, 0.15) is 0 Å². The van der Waals surface area contributed by atoms with Crippen molar-refractivity contribution in [2.45, 2.75) is 26.2 Å². The molecule has 0 aromatic heterocycles. The van der Waals surface area contributed by atoms with E-state index < -0.39 is 0 Å². The van der Waals surface area contributed by atoms with Crippen LogP contribution >= 0.6 is 0 Å². The number of hydrogen-bond donors (Lipinski definition) is 0. The van der Waals surface area contributed by atoms with E-state index in [0.717, 1.165) is 24.8 Å². The standard InChI is InChI=1S/C16H22N2/c1-5-16(10-8-7-9-13-17-4)12-11-15(3)14-18-6-2/h6-9,13H,1,3-4,10-12,14H2,2H3/b8-7-,13-9-,18-6-. The quantitative estimate of drug-likeness (QED) is 0.249. The fourth-order valence-corrected chi connectivity index (χ4v) is 1.29. The van der Waals surface area contributed by atoms with Crippen LogP contribution in [0.4, 0.5) is 0 Å². The van der Waals surface area contributed by atoms with E-state index in [2.05, 4.69) is 41.7 Å². The van der Waals surface area contributed by atoms with Crippen LogP contribution in [0, 0.1) is 0 Å². The Labute approximate surface area is 111 Å². The van der Waals surface area contributed by atoms with E-state index in [1.807, 2.05) is 19.1 Å². The number of aliphatic imine (C=N–C) groups is 2. The van der Waals surface area contributed by atoms with Gasteiger partial charge < -0.3 is 0 Å². The Morgan fingerprint density at radius 2 is 2.06 bits per heavy atom. The first kappa shape index (κ1) is 16.1. The molecule has 0 saturated heterocycles. The van der Waals surface area contributed by atoms with Gasteiger partial charge in [-0.1, -0.05) is 30.9 Å². The van der Waals surface area contributed by atoms with E-state index in [0.29, 0.717) is 6.54 Å². The van der Waals surface area contributed by atoms with Gasteiger partial charge in [0.15, 0.2) is 0 Å². The number of hydrogen-bond acceptors (Lipinski definition) is 2. The fraction of sp³-hybridized carbons (Fsp3) is 0.312. The van der Waals surface area contributed by atoms with Crippen molar-refractivity contribution in [3.05, 3.63) is 54.5 Å². The first-order valence-corrected chi connectivity index (χ1v) is 6.01. The zero-order chi connectivity index (χ0) is 13.6. The third-order valence-electron chi connectivity index (χ3n) is 2.33. The molecule has 0 N–H and O–H groups in total. The summed E-state index contributed by atoms with van der Waals surface area (Å²) in [6.07, 6.45) is 12.0. The van der Waals surface area contributed by atoms with E-state index in [4.69, 9.17) is 0 Å². The Hall–Kier alpha value is -1.92. The summed E-state index contributed by atoms with van der Waals surface area (Å²) >= 11 is 0. The smallest absolute Gasteiger partial charge is 0.0593 e. The highest BCUT2D eigenvalue weighted by Gasteiger charge is 1.97. The summed E-state index contributed by atoms with van der Waals surface area (Å²) in [4.78, 5) is 7.78. The highest BCUT2D eigenvalue weighted by Crippen LogP contribution is 2.13. The molecule has 2 nitrogen and oxygen atoms in total. The summed E-state index contributed by atoms with van der Waals surface area (Å²) in [5.74, 6) is 0. The van der Waals surface area contributed by atoms with Crippen molar-refractivity contribution in [1.82, 2.24) is 0 Å². The van der Waals surface area contributed by atoms with Crippen LogP contribution in [0.3, 0.4) is 0 Å². The minimum Gasteiger partial charge on any atom is -0.293 e. The molecule has 0 aliphatic heterocycles. The van der Waals surface area contributed by atoms with Gasteiger partial charge in [-0.25, -0.2) is 0 Å². The summed E-state index contributed by atoms with van der Waals surface area (Å²) in [6, 6.07) is 0. The van der Waals surface area contributed by atoms with Gasteiger partial charge in [0.2, 0.25) is 0 Å². The van der Waals surface area contributed by atoms with Crippen molar-refractivity contribution in [1.29, 1.82) is 0 Å². The van der Waals surface area contributed by atoms with Gasteiger partial charge in [-0.05, 0) is 50.8 Å². The highest BCUT2D eigenvalue weighted by molar-refractivity contribution is 5.53. The summed E-state index contributed by atoms with van der Waals surface area (Å²) < 4.78 is 0. The lowest BCUT2D eigenvalue weighted by Crippen LogP contribution is -1.89. The monoisotopic (exact) mass is 242 g/mol. The third kappa shape index (κ3) is 9.32. The molecule has 0 amide bonds. The van der Waals surface area contributed by atoms with E-state index in [1.54, 1.807) is 12.4 Å². The maximum Gasteiger partial charge on any atom is 0.0593 e. The Kier molecular flexibility index (Phi) is 10.3. The largest absolute Gasteiger partial charge is 0.293 e. The van der Waals surface area contributed by atoms with Crippen LogP contribution in [0.2, 0.25) is 0 Å². The van der Waals surface area contributed by atoms with Crippen LogP contribution in [0.1, 0.15) is 26.2 Å². The van der Waals surface area contributed by atoms with Crippen LogP contribution < -0.4 is 0 Å². The topological polar surface area (TPSA) is 24.7 Å². The first-order valence-electron chi connectivity index (χ1n) is 6.01. The molecule has 0 radical (unpaired) electrons. The van der Waals surface area contributed by atoms with Crippen LogP contribution in [-0.4, -0.2) is 19.5 Å². The second kappa shape index (κ2) is 11.6. The molecule has 0 spiro atoms. The van der Waals surface area contributed by atoms with Gasteiger partial charge in [-0.3, -0.25) is 9.98 Å². The molecule has 96 valence electrons. The van der Waals surface area contributed by atoms with Gasteiger partial charge in [0.05, 0.1) is 6.54 Å². The molecule has 0 heterocycles. The minimum atomic E-state index is 0.713. The molecule has 0 aliphatic rings. The van der Waals surface area contributed by atoms with Crippen molar-refractivity contribution in [2.24, 2.45) is 9.98 Å². The lowest BCUT2D eigenvalue weighted by atomic mass is 10.0. The number of rotatable bonds is 9. The summed E-state index contributed by atoms with van der Waals surface area (Å²) in [5.41, 5.74) is 5.31. The zero-order valence-electron chi connectivity index (χ0n) is 11.2. The summed E-state index contributed by atoms with van der Waals surface area (Å²) in [5, 5.41) is 0. The van der Waals surface area contributed by atoms with Crippen LogP contribution in [0.5, 0.6) is 0 Å². The van der Waals surface area contributed by atoms with Gasteiger partial charge in [0.25, 0.3) is 0 Å². The average molecular weight is 242 g/mol. The average Bonchev–Trinajstić information content (AvgIpc) is 2.39. The van der Waals surface area contributed by atoms with Crippen molar-refractivity contribution in [2.75, 3.05) is 6.54 Å². The van der Waals surface area contributed by atoms with E-state index in [1.165, 1.54) is 5.57 Å². The van der Waals surface area contributed by atoms with E-state index in [-0.39, 0.29) is 0 Å². The number of nitrogens with zero attached hydrogens (tertiary/aromatic N) is 2. The molecule has 0 unspecified atom stereocenters. The summed E-state index contributed by atoms with van der Waals surface area (Å²) in [6.45, 7) is 13.7. The highest BCUT2D eigenvalue weighted by atomic mass is 14.7. The molecule has 0 atom stereocenters. The van der Waals surface area contributed by atoms with Gasteiger partial charge in [0, 0.05) is 6.20 Å². The Morgan fingerprint density at radius 3 is 2.67 bits per heavy atom. The summed E-state index contributed by atoms with van der Waals surface area (Å²) in [7, 11) is 0. The Bertz CT molecular complexity index is 391. The normalized spacial score (nSPS) is 11.2. The van der Waals surface area contributed by atoms with Gasteiger partial charge >= 0.3 is 0 Å². The molecule has 0 rings (SSSR count). The lowest BCUT2D eigenvalue weighted by molar-refractivity contribution is 0.878. The first-order chi connectivity index (χ1) is 8.74. The Morgan fingerprint density at radius 1 is 1.28 bits per heavy atom. The number of allylic oxidation sites excluding steroid dienone is 4. The second-order valence-electron chi connectivity index (χ2n) is 3.79. The SMILES string of the molecule is C=C=C(C/C=C\C=C/N=C)CCC(=C)C/N=C\C. The van der Waals surface area contributed by atoms with Crippen molar-refractivity contribution >= 4 is 12.9 Å². The van der Waals surface area contributed by atoms with E-state index >= 15 is 0 Å². The predicted octanol–water partition coefficient (Wildman–Crippen LogP) is 4.29.